The molecule has 0 unspecified atom stereocenters. The predicted octanol–water partition coefficient (Wildman–Crippen LogP) is -0.336. The zero-order valence-electron chi connectivity index (χ0n) is 5.12. The Balaban J connectivity index is 2.45. The molecule has 0 spiro atoms. The van der Waals surface area contributed by atoms with Crippen molar-refractivity contribution in [1.82, 2.24) is 0 Å². The van der Waals surface area contributed by atoms with Gasteiger partial charge < -0.3 is 10.8 Å². The van der Waals surface area contributed by atoms with E-state index in [0.29, 0.717) is 0 Å². The molecule has 0 amide bonds. The van der Waals surface area contributed by atoms with E-state index >= 15 is 0 Å². The number of aliphatic imine (C=N–C) groups is 1. The van der Waals surface area contributed by atoms with Crippen LogP contribution in [0.2, 0.25) is 0 Å². The standard InChI is InChI=1S/C6H10N2O/c7-5(4-9)6-2-1-3-8-6/h1,3,5,9H,2,4,7H2/t5-/m0/s1. The van der Waals surface area contributed by atoms with Crippen LogP contribution in [0.25, 0.3) is 0 Å². The van der Waals surface area contributed by atoms with E-state index in [1.165, 1.54) is 0 Å². The summed E-state index contributed by atoms with van der Waals surface area (Å²) in [7, 11) is 0. The summed E-state index contributed by atoms with van der Waals surface area (Å²) in [5.74, 6) is 0. The lowest BCUT2D eigenvalue weighted by Gasteiger charge is -2.05. The number of hydrogen-bond acceptors (Lipinski definition) is 3. The highest BCUT2D eigenvalue weighted by molar-refractivity contribution is 5.92. The Kier molecular flexibility index (Phi) is 1.97. The third-order valence-corrected chi connectivity index (χ3v) is 1.30. The summed E-state index contributed by atoms with van der Waals surface area (Å²) in [5, 5.41) is 8.56. The summed E-state index contributed by atoms with van der Waals surface area (Å²) in [6, 6.07) is -0.264. The molecule has 1 atom stereocenters. The quantitative estimate of drug-likeness (QED) is 0.532. The Morgan fingerprint density at radius 2 is 2.67 bits per heavy atom. The Morgan fingerprint density at radius 1 is 1.89 bits per heavy atom. The molecule has 0 fully saturated rings. The van der Waals surface area contributed by atoms with Gasteiger partial charge >= 0.3 is 0 Å². The molecule has 1 aliphatic rings. The van der Waals surface area contributed by atoms with Crippen molar-refractivity contribution in [2.24, 2.45) is 10.7 Å². The second-order valence-electron chi connectivity index (χ2n) is 2.00. The van der Waals surface area contributed by atoms with Crippen LogP contribution in [0.4, 0.5) is 0 Å². The number of hydrogen-bond donors (Lipinski definition) is 2. The van der Waals surface area contributed by atoms with Crippen LogP contribution in [0.1, 0.15) is 6.42 Å². The van der Waals surface area contributed by atoms with Crippen LogP contribution in [0.5, 0.6) is 0 Å². The molecule has 50 valence electrons. The van der Waals surface area contributed by atoms with Gasteiger partial charge in [0.1, 0.15) is 0 Å². The van der Waals surface area contributed by atoms with Gasteiger partial charge in [-0.3, -0.25) is 4.99 Å². The first-order valence-electron chi connectivity index (χ1n) is 2.92. The van der Waals surface area contributed by atoms with E-state index in [1.54, 1.807) is 6.20 Å². The highest BCUT2D eigenvalue weighted by atomic mass is 16.3. The normalized spacial score (nSPS) is 20.0. The van der Waals surface area contributed by atoms with Crippen molar-refractivity contribution in [1.29, 1.82) is 0 Å². The molecule has 9 heavy (non-hydrogen) atoms. The Labute approximate surface area is 53.9 Å². The van der Waals surface area contributed by atoms with Crippen LogP contribution in [-0.2, 0) is 0 Å². The van der Waals surface area contributed by atoms with Crippen molar-refractivity contribution in [3.63, 3.8) is 0 Å². The third-order valence-electron chi connectivity index (χ3n) is 1.30. The summed E-state index contributed by atoms with van der Waals surface area (Å²) in [4.78, 5) is 3.96. The minimum atomic E-state index is -0.264. The van der Waals surface area contributed by atoms with Gasteiger partial charge in [0.25, 0.3) is 0 Å². The summed E-state index contributed by atoms with van der Waals surface area (Å²) in [5.41, 5.74) is 6.33. The monoisotopic (exact) mass is 126 g/mol. The molecular weight excluding hydrogens is 116 g/mol. The molecule has 0 saturated carbocycles. The molecule has 0 radical (unpaired) electrons. The van der Waals surface area contributed by atoms with Crippen molar-refractivity contribution in [3.8, 4) is 0 Å². The first kappa shape index (κ1) is 6.45. The molecule has 1 aliphatic heterocycles. The number of aliphatic hydroxyl groups is 1. The zero-order chi connectivity index (χ0) is 6.69. The van der Waals surface area contributed by atoms with Gasteiger partial charge in [0, 0.05) is 18.3 Å². The van der Waals surface area contributed by atoms with E-state index in [2.05, 4.69) is 4.99 Å². The van der Waals surface area contributed by atoms with Gasteiger partial charge in [-0.2, -0.15) is 0 Å². The van der Waals surface area contributed by atoms with Gasteiger partial charge in [-0.05, 0) is 0 Å². The van der Waals surface area contributed by atoms with Gasteiger partial charge in [-0.15, -0.1) is 0 Å². The summed E-state index contributed by atoms with van der Waals surface area (Å²) < 4.78 is 0. The lowest BCUT2D eigenvalue weighted by molar-refractivity contribution is 0.289. The number of allylic oxidation sites excluding steroid dienone is 1. The Bertz CT molecular complexity index is 151. The van der Waals surface area contributed by atoms with Crippen LogP contribution in [-0.4, -0.2) is 23.5 Å². The summed E-state index contributed by atoms with van der Waals surface area (Å²) in [6.07, 6.45) is 4.43. The lowest BCUT2D eigenvalue weighted by atomic mass is 10.1. The molecule has 3 nitrogen and oxygen atoms in total. The highest BCUT2D eigenvalue weighted by Crippen LogP contribution is 2.01. The van der Waals surface area contributed by atoms with Crippen molar-refractivity contribution in [3.05, 3.63) is 12.3 Å². The number of rotatable bonds is 2. The molecule has 0 aromatic heterocycles. The minimum Gasteiger partial charge on any atom is -0.394 e. The van der Waals surface area contributed by atoms with Gasteiger partial charge in [0.05, 0.1) is 12.6 Å². The lowest BCUT2D eigenvalue weighted by Crippen LogP contribution is -2.32. The second kappa shape index (κ2) is 2.75. The first-order chi connectivity index (χ1) is 4.34. The largest absolute Gasteiger partial charge is 0.394 e. The van der Waals surface area contributed by atoms with Gasteiger partial charge in [0.2, 0.25) is 0 Å². The smallest absolute Gasteiger partial charge is 0.0668 e. The van der Waals surface area contributed by atoms with E-state index < -0.39 is 0 Å². The first-order valence-corrected chi connectivity index (χ1v) is 2.92. The number of aliphatic hydroxyl groups excluding tert-OH is 1. The van der Waals surface area contributed by atoms with Gasteiger partial charge in [0.15, 0.2) is 0 Å². The van der Waals surface area contributed by atoms with E-state index in [1.807, 2.05) is 6.08 Å². The Hall–Kier alpha value is -0.670. The maximum absolute atomic E-state index is 8.56. The Morgan fingerprint density at radius 3 is 3.11 bits per heavy atom. The van der Waals surface area contributed by atoms with Crippen LogP contribution in [0.3, 0.4) is 0 Å². The maximum atomic E-state index is 8.56. The molecule has 0 aliphatic carbocycles. The van der Waals surface area contributed by atoms with E-state index in [0.717, 1.165) is 12.1 Å². The molecule has 3 N–H and O–H groups in total. The minimum absolute atomic E-state index is 0.0134. The van der Waals surface area contributed by atoms with E-state index in [-0.39, 0.29) is 12.6 Å². The fourth-order valence-electron chi connectivity index (χ4n) is 0.727. The van der Waals surface area contributed by atoms with Crippen molar-refractivity contribution in [2.75, 3.05) is 6.61 Å². The van der Waals surface area contributed by atoms with Crippen molar-refractivity contribution in [2.45, 2.75) is 12.5 Å². The molecule has 3 heteroatoms. The average Bonchev–Trinajstić information content (AvgIpc) is 2.37. The van der Waals surface area contributed by atoms with E-state index in [9.17, 15) is 0 Å². The predicted molar refractivity (Wildman–Crippen MR) is 36.3 cm³/mol. The van der Waals surface area contributed by atoms with Crippen molar-refractivity contribution < 1.29 is 5.11 Å². The zero-order valence-corrected chi connectivity index (χ0v) is 5.12. The third kappa shape index (κ3) is 1.37. The molecule has 0 saturated heterocycles. The van der Waals surface area contributed by atoms with Crippen LogP contribution < -0.4 is 5.73 Å². The molecule has 0 bridgehead atoms. The van der Waals surface area contributed by atoms with E-state index in [4.69, 9.17) is 10.8 Å². The number of nitrogens with two attached hydrogens (primary N) is 1. The van der Waals surface area contributed by atoms with Crippen molar-refractivity contribution >= 4 is 5.71 Å². The molecule has 1 rings (SSSR count). The summed E-state index contributed by atoms with van der Waals surface area (Å²) in [6.45, 7) is -0.0134. The molecule has 0 aromatic carbocycles. The number of nitrogens with zero attached hydrogens (tertiary/aromatic N) is 1. The van der Waals surface area contributed by atoms with Crippen LogP contribution in [0.15, 0.2) is 17.3 Å². The molecule has 1 heterocycles. The fourth-order valence-corrected chi connectivity index (χ4v) is 0.727. The fraction of sp³-hybridized carbons (Fsp3) is 0.500. The highest BCUT2D eigenvalue weighted by Gasteiger charge is 2.09. The SMILES string of the molecule is N[C@@H](CO)C1=NC=CC1. The van der Waals surface area contributed by atoms with Crippen LogP contribution >= 0.6 is 0 Å². The second-order valence-corrected chi connectivity index (χ2v) is 2.00. The van der Waals surface area contributed by atoms with Gasteiger partial charge in [-0.1, -0.05) is 6.08 Å². The maximum Gasteiger partial charge on any atom is 0.0668 e. The average molecular weight is 126 g/mol. The molecular formula is C6H10N2O. The van der Waals surface area contributed by atoms with Gasteiger partial charge in [-0.25, -0.2) is 0 Å². The molecule has 0 aromatic rings. The summed E-state index contributed by atoms with van der Waals surface area (Å²) >= 11 is 0. The topological polar surface area (TPSA) is 58.6 Å². The van der Waals surface area contributed by atoms with Crippen LogP contribution in [0, 0.1) is 0 Å².